The van der Waals surface area contributed by atoms with Crippen molar-refractivity contribution in [3.05, 3.63) is 69.5 Å². The first-order valence-electron chi connectivity index (χ1n) is 7.19. The average Bonchev–Trinajstić information content (AvgIpc) is 3.00. The summed E-state index contributed by atoms with van der Waals surface area (Å²) in [6, 6.07) is 13.3. The fourth-order valence-electron chi connectivity index (χ4n) is 2.03. The molecule has 0 spiro atoms. The smallest absolute Gasteiger partial charge is 0.277 e. The number of nitrogens with zero attached hydrogens (tertiary/aromatic N) is 2. The number of aryl methyl sites for hydroxylation is 1. The van der Waals surface area contributed by atoms with Crippen LogP contribution in [0.4, 0.5) is 0 Å². The van der Waals surface area contributed by atoms with Gasteiger partial charge in [-0.05, 0) is 30.7 Å². The molecular formula is C17H14Cl2N2O2S. The van der Waals surface area contributed by atoms with E-state index in [1.807, 2.05) is 6.07 Å². The van der Waals surface area contributed by atoms with Crippen molar-refractivity contribution in [2.24, 2.45) is 0 Å². The van der Waals surface area contributed by atoms with Crippen LogP contribution in [0, 0.1) is 6.92 Å². The van der Waals surface area contributed by atoms with Crippen LogP contribution >= 0.6 is 35.0 Å². The van der Waals surface area contributed by atoms with Crippen molar-refractivity contribution in [3.8, 4) is 5.75 Å². The van der Waals surface area contributed by atoms with Crippen LogP contribution in [0.1, 0.15) is 17.0 Å². The molecule has 0 atom stereocenters. The van der Waals surface area contributed by atoms with Gasteiger partial charge in [0.2, 0.25) is 0 Å². The molecule has 0 unspecified atom stereocenters. The number of hydrogen-bond acceptors (Lipinski definition) is 5. The summed E-state index contributed by atoms with van der Waals surface area (Å²) < 4.78 is 11.1. The summed E-state index contributed by atoms with van der Waals surface area (Å²) in [6.45, 7) is 2.22. The van der Waals surface area contributed by atoms with Crippen LogP contribution in [0.5, 0.6) is 5.75 Å². The fourth-order valence-corrected chi connectivity index (χ4v) is 3.22. The molecule has 0 saturated carbocycles. The Bertz CT molecular complexity index is 839. The highest BCUT2D eigenvalue weighted by molar-refractivity contribution is 7.98. The summed E-state index contributed by atoms with van der Waals surface area (Å²) in [5.41, 5.74) is 2.44. The quantitative estimate of drug-likeness (QED) is 0.524. The average molecular weight is 381 g/mol. The number of rotatable bonds is 6. The number of benzene rings is 2. The minimum absolute atomic E-state index is 0.152. The maximum absolute atomic E-state index is 6.05. The second kappa shape index (κ2) is 7.92. The van der Waals surface area contributed by atoms with Gasteiger partial charge < -0.3 is 9.15 Å². The summed E-state index contributed by atoms with van der Waals surface area (Å²) in [5, 5.41) is 9.50. The van der Waals surface area contributed by atoms with Gasteiger partial charge in [-0.2, -0.15) is 0 Å². The Kier molecular flexibility index (Phi) is 5.66. The molecule has 2 aromatic carbocycles. The van der Waals surface area contributed by atoms with Gasteiger partial charge in [-0.25, -0.2) is 0 Å². The monoisotopic (exact) mass is 380 g/mol. The molecule has 0 bridgehead atoms. The van der Waals surface area contributed by atoms with Crippen molar-refractivity contribution < 1.29 is 9.15 Å². The van der Waals surface area contributed by atoms with Gasteiger partial charge in [-0.1, -0.05) is 64.8 Å². The van der Waals surface area contributed by atoms with Crippen molar-refractivity contribution in [2.75, 3.05) is 0 Å². The highest BCUT2D eigenvalue weighted by atomic mass is 35.5. The number of ether oxygens (including phenoxy) is 1. The van der Waals surface area contributed by atoms with Gasteiger partial charge in [-0.15, -0.1) is 10.2 Å². The van der Waals surface area contributed by atoms with Crippen molar-refractivity contribution in [1.29, 1.82) is 0 Å². The van der Waals surface area contributed by atoms with Crippen molar-refractivity contribution in [3.63, 3.8) is 0 Å². The van der Waals surface area contributed by atoms with E-state index >= 15 is 0 Å². The number of thioether (sulfide) groups is 1. The summed E-state index contributed by atoms with van der Waals surface area (Å²) in [7, 11) is 0. The molecule has 124 valence electrons. The van der Waals surface area contributed by atoms with Crippen LogP contribution in [0.3, 0.4) is 0 Å². The summed E-state index contributed by atoms with van der Waals surface area (Å²) in [4.78, 5) is 0. The minimum atomic E-state index is 0.152. The van der Waals surface area contributed by atoms with E-state index in [2.05, 4.69) is 35.3 Å². The molecule has 3 rings (SSSR count). The van der Waals surface area contributed by atoms with Gasteiger partial charge in [0.05, 0.1) is 5.02 Å². The molecule has 0 N–H and O–H groups in total. The zero-order valence-electron chi connectivity index (χ0n) is 12.8. The molecule has 7 heteroatoms. The van der Waals surface area contributed by atoms with Crippen LogP contribution in [0.2, 0.25) is 10.0 Å². The second-order valence-electron chi connectivity index (χ2n) is 5.10. The minimum Gasteiger partial charge on any atom is -0.482 e. The van der Waals surface area contributed by atoms with Crippen molar-refractivity contribution >= 4 is 35.0 Å². The van der Waals surface area contributed by atoms with E-state index in [9.17, 15) is 0 Å². The van der Waals surface area contributed by atoms with E-state index in [1.165, 1.54) is 22.9 Å². The zero-order chi connectivity index (χ0) is 16.9. The van der Waals surface area contributed by atoms with Crippen molar-refractivity contribution in [1.82, 2.24) is 10.2 Å². The Balaban J connectivity index is 1.55. The van der Waals surface area contributed by atoms with Crippen LogP contribution in [0.25, 0.3) is 0 Å². The predicted octanol–water partition coefficient (Wildman–Crippen LogP) is 5.56. The second-order valence-corrected chi connectivity index (χ2v) is 6.87. The van der Waals surface area contributed by atoms with E-state index in [0.29, 0.717) is 26.9 Å². The third-order valence-electron chi connectivity index (χ3n) is 3.14. The summed E-state index contributed by atoms with van der Waals surface area (Å²) in [6.07, 6.45) is 0. The fraction of sp³-hybridized carbons (Fsp3) is 0.176. The molecule has 1 heterocycles. The Morgan fingerprint density at radius 1 is 1.12 bits per heavy atom. The molecule has 0 saturated heterocycles. The number of halogens is 2. The van der Waals surface area contributed by atoms with Gasteiger partial charge in [-0.3, -0.25) is 0 Å². The lowest BCUT2D eigenvalue weighted by Crippen LogP contribution is -1.96. The van der Waals surface area contributed by atoms with Gasteiger partial charge in [0.15, 0.2) is 6.61 Å². The first-order chi connectivity index (χ1) is 11.6. The van der Waals surface area contributed by atoms with Gasteiger partial charge in [0.25, 0.3) is 11.1 Å². The maximum Gasteiger partial charge on any atom is 0.277 e. The van der Waals surface area contributed by atoms with Crippen LogP contribution in [0.15, 0.2) is 52.1 Å². The maximum atomic E-state index is 6.05. The Morgan fingerprint density at radius 3 is 2.79 bits per heavy atom. The number of hydrogen-bond donors (Lipinski definition) is 0. The van der Waals surface area contributed by atoms with Gasteiger partial charge in [0, 0.05) is 10.8 Å². The van der Waals surface area contributed by atoms with Gasteiger partial charge >= 0.3 is 0 Å². The Hall–Kier alpha value is -1.69. The highest BCUT2D eigenvalue weighted by Gasteiger charge is 2.09. The molecule has 0 aliphatic heterocycles. The zero-order valence-corrected chi connectivity index (χ0v) is 15.2. The molecule has 0 radical (unpaired) electrons. The predicted molar refractivity (Wildman–Crippen MR) is 95.8 cm³/mol. The SMILES string of the molecule is Cc1cccc(CSc2nnc(COc3ccc(Cl)cc3Cl)o2)c1. The molecular weight excluding hydrogens is 367 g/mol. The standard InChI is InChI=1S/C17H14Cl2N2O2S/c1-11-3-2-4-12(7-11)10-24-17-21-20-16(23-17)9-22-15-6-5-13(18)8-14(15)19/h2-8H,9-10H2,1H3. The lowest BCUT2D eigenvalue weighted by atomic mass is 10.2. The molecule has 3 aromatic rings. The van der Waals surface area contributed by atoms with E-state index in [-0.39, 0.29) is 6.61 Å². The molecule has 4 nitrogen and oxygen atoms in total. The van der Waals surface area contributed by atoms with E-state index < -0.39 is 0 Å². The highest BCUT2D eigenvalue weighted by Crippen LogP contribution is 2.28. The lowest BCUT2D eigenvalue weighted by molar-refractivity contribution is 0.252. The van der Waals surface area contributed by atoms with E-state index in [4.69, 9.17) is 32.4 Å². The third-order valence-corrected chi connectivity index (χ3v) is 4.56. The van der Waals surface area contributed by atoms with Crippen LogP contribution < -0.4 is 4.74 Å². The molecule has 0 fully saturated rings. The van der Waals surface area contributed by atoms with Crippen LogP contribution in [-0.2, 0) is 12.4 Å². The largest absolute Gasteiger partial charge is 0.482 e. The molecule has 24 heavy (non-hydrogen) atoms. The first kappa shape index (κ1) is 17.1. The van der Waals surface area contributed by atoms with E-state index in [0.717, 1.165) is 5.75 Å². The topological polar surface area (TPSA) is 48.2 Å². The number of aromatic nitrogens is 2. The molecule has 0 amide bonds. The molecule has 0 aliphatic rings. The van der Waals surface area contributed by atoms with Gasteiger partial charge in [0.1, 0.15) is 5.75 Å². The molecule has 1 aromatic heterocycles. The Morgan fingerprint density at radius 2 is 2.00 bits per heavy atom. The first-order valence-corrected chi connectivity index (χ1v) is 8.93. The van der Waals surface area contributed by atoms with E-state index in [1.54, 1.807) is 18.2 Å². The van der Waals surface area contributed by atoms with Crippen LogP contribution in [-0.4, -0.2) is 10.2 Å². The van der Waals surface area contributed by atoms with Crippen molar-refractivity contribution in [2.45, 2.75) is 24.5 Å². The lowest BCUT2D eigenvalue weighted by Gasteiger charge is -2.05. The summed E-state index contributed by atoms with van der Waals surface area (Å²) in [5.74, 6) is 1.69. The summed E-state index contributed by atoms with van der Waals surface area (Å²) >= 11 is 13.4. The molecule has 0 aliphatic carbocycles. The normalized spacial score (nSPS) is 10.8. The third kappa shape index (κ3) is 4.66. The Labute approximate surface area is 154 Å².